The topological polar surface area (TPSA) is 600 Å². The molecule has 48 heteroatoms. The Kier molecular flexibility index (Phi) is 36.9. The predicted octanol–water partition coefficient (Wildman–Crippen LogP) is -1.18. The fourth-order valence-corrected chi connectivity index (χ4v) is 15.6. The number of hydrogen-bond acceptors (Lipinski definition) is 34. The van der Waals surface area contributed by atoms with E-state index in [2.05, 4.69) is 69.7 Å². The minimum absolute atomic E-state index is 0.0412. The largest absolute Gasteiger partial charge is 0.469 e. The van der Waals surface area contributed by atoms with Crippen molar-refractivity contribution in [2.24, 2.45) is 21.8 Å². The first-order valence-corrected chi connectivity index (χ1v) is 43.5. The zero-order valence-electron chi connectivity index (χ0n) is 75.7. The van der Waals surface area contributed by atoms with Gasteiger partial charge in [0.25, 0.3) is 5.91 Å². The third kappa shape index (κ3) is 27.3. The summed E-state index contributed by atoms with van der Waals surface area (Å²) in [7, 11) is 1.18. The Hall–Kier alpha value is -11.8. The highest BCUT2D eigenvalue weighted by Gasteiger charge is 2.62. The number of benzene rings is 1. The zero-order valence-corrected chi connectivity index (χ0v) is 75.7. The lowest BCUT2D eigenvalue weighted by molar-refractivity contribution is -0.155. The minimum Gasteiger partial charge on any atom is -0.469 e. The number of ether oxygens (including phenoxy) is 6. The molecule has 6 fully saturated rings. The van der Waals surface area contributed by atoms with Crippen molar-refractivity contribution in [3.63, 3.8) is 0 Å². The second-order valence-corrected chi connectivity index (χ2v) is 34.9. The SMILES string of the molecule is C=C1N=C(NC(=O)[C@@H]2CCCN2C(=O)[C@@H](C)NC(=O)[C@H](CO)CC(=O)CCC(=O)OC)C=CN1C1OC(CO)C(O)C1(F)F.C=C1N=C(NC(=O)[C@@H]2CCCN2C(=O)[C@@H](C)NC(=O)[C@H](COC(C)(C)C)CC(=O)CCC(=O)OC(C)(C)C)C=CN1C1OC(CO)C(O)C1(F)F.O=C(NCC(=O)N1CCC[C@H]1C(=O)Nc1ccn([C@@H]2O[C@H](CO)[C@@H](O)[C@@H]2O)c(=O)n1)c1ccnc2ccccc12. The van der Waals surface area contributed by atoms with Crippen LogP contribution in [0.25, 0.3) is 10.9 Å². The molecule has 9 amide bonds. The highest BCUT2D eigenvalue weighted by atomic mass is 19.3. The smallest absolute Gasteiger partial charge is 0.351 e. The summed E-state index contributed by atoms with van der Waals surface area (Å²) in [6, 6.07) is 5.15. The number of anilines is 1. The molecule has 11 rings (SSSR count). The normalized spacial score (nSPS) is 24.8. The van der Waals surface area contributed by atoms with Crippen molar-refractivity contribution in [2.45, 2.75) is 247 Å². The molecule has 0 saturated carbocycles. The number of hydrogen-bond donors (Lipinski definition) is 14. The van der Waals surface area contributed by atoms with E-state index < -0.39 is 230 Å². The van der Waals surface area contributed by atoms with Crippen molar-refractivity contribution in [2.75, 3.05) is 71.6 Å². The van der Waals surface area contributed by atoms with Gasteiger partial charge in [0.1, 0.15) is 107 Å². The molecular weight excluding hydrogens is 1790 g/mol. The van der Waals surface area contributed by atoms with Crippen molar-refractivity contribution in [3.05, 3.63) is 114 Å². The predicted molar refractivity (Wildman–Crippen MR) is 464 cm³/mol. The number of methoxy groups -OCH3 is 1. The van der Waals surface area contributed by atoms with E-state index in [9.17, 15) is 126 Å². The van der Waals surface area contributed by atoms with Crippen molar-refractivity contribution < 1.29 is 149 Å². The molecule has 8 aliphatic rings. The Morgan fingerprint density at radius 2 is 1.07 bits per heavy atom. The number of Topliss-reactive ketones (excluding diaryl/α,β-unsaturated/α-hetero) is 2. The van der Waals surface area contributed by atoms with Crippen LogP contribution in [-0.2, 0) is 86.0 Å². The average molecular weight is 1910 g/mol. The first-order chi connectivity index (χ1) is 63.6. The number of para-hydroxylation sites is 1. The molecule has 6 unspecified atom stereocenters. The van der Waals surface area contributed by atoms with Crippen LogP contribution in [0.4, 0.5) is 23.4 Å². The molecule has 0 radical (unpaired) electrons. The number of pyridine rings is 1. The maximum atomic E-state index is 14.6. The van der Waals surface area contributed by atoms with Gasteiger partial charge in [0.05, 0.1) is 88.0 Å². The molecule has 3 aromatic rings. The number of aliphatic hydroxyl groups is 8. The van der Waals surface area contributed by atoms with Crippen LogP contribution in [0, 0.1) is 11.8 Å². The molecule has 10 heterocycles. The minimum atomic E-state index is -3.76. The second kappa shape index (κ2) is 46.6. The Bertz CT molecular complexity index is 5080. The van der Waals surface area contributed by atoms with Crippen LogP contribution in [0.1, 0.15) is 149 Å². The van der Waals surface area contributed by atoms with Gasteiger partial charge in [-0.15, -0.1) is 0 Å². The maximum Gasteiger partial charge on any atom is 0.351 e. The van der Waals surface area contributed by atoms with Gasteiger partial charge in [-0.1, -0.05) is 31.4 Å². The number of aliphatic imine (C=N–C) groups is 2. The van der Waals surface area contributed by atoms with E-state index in [4.69, 9.17) is 23.7 Å². The van der Waals surface area contributed by atoms with Crippen molar-refractivity contribution in [3.8, 4) is 0 Å². The van der Waals surface area contributed by atoms with Crippen LogP contribution in [0.5, 0.6) is 0 Å². The summed E-state index contributed by atoms with van der Waals surface area (Å²) in [5.41, 5.74) is -1.16. The van der Waals surface area contributed by atoms with Gasteiger partial charge < -0.3 is 126 Å². The van der Waals surface area contributed by atoms with Crippen LogP contribution in [0.3, 0.4) is 0 Å². The number of halogens is 4. The van der Waals surface area contributed by atoms with E-state index in [1.54, 1.807) is 65.8 Å². The Morgan fingerprint density at radius 3 is 1.53 bits per heavy atom. The number of nitrogens with zero attached hydrogens (tertiary/aromatic N) is 10. The van der Waals surface area contributed by atoms with Gasteiger partial charge in [-0.05, 0) is 124 Å². The maximum absolute atomic E-state index is 14.6. The van der Waals surface area contributed by atoms with Gasteiger partial charge in [0.2, 0.25) is 59.7 Å². The van der Waals surface area contributed by atoms with Crippen molar-refractivity contribution in [1.29, 1.82) is 0 Å². The summed E-state index contributed by atoms with van der Waals surface area (Å²) in [5, 5.41) is 93.0. The second-order valence-electron chi connectivity index (χ2n) is 34.9. The third-order valence-corrected chi connectivity index (χ3v) is 22.7. The lowest BCUT2D eigenvalue weighted by Crippen LogP contribution is -2.54. The Labute approximate surface area is 771 Å². The molecule has 8 aliphatic heterocycles. The first kappa shape index (κ1) is 107. The van der Waals surface area contributed by atoms with E-state index in [1.807, 2.05) is 6.07 Å². The van der Waals surface area contributed by atoms with Crippen molar-refractivity contribution >= 4 is 105 Å². The number of nitrogens with one attached hydrogen (secondary N) is 6. The summed E-state index contributed by atoms with van der Waals surface area (Å²) >= 11 is 0. The molecule has 2 aromatic heterocycles. The molecule has 17 atom stereocenters. The molecule has 740 valence electrons. The summed E-state index contributed by atoms with van der Waals surface area (Å²) in [6.07, 6.45) is -7.93. The molecule has 14 N–H and O–H groups in total. The van der Waals surface area contributed by atoms with E-state index in [1.165, 1.54) is 66.3 Å². The molecular formula is C87H116F4N16O28. The number of carbonyl (C=O) groups excluding carboxylic acids is 13. The first-order valence-electron chi connectivity index (χ1n) is 43.5. The number of ketones is 2. The van der Waals surface area contributed by atoms with Crippen LogP contribution in [0.2, 0.25) is 0 Å². The molecule has 0 spiro atoms. The van der Waals surface area contributed by atoms with E-state index in [-0.39, 0.29) is 99.7 Å². The Balaban J connectivity index is 0.000000229. The molecule has 135 heavy (non-hydrogen) atoms. The van der Waals surface area contributed by atoms with Gasteiger partial charge >= 0.3 is 29.5 Å². The fourth-order valence-electron chi connectivity index (χ4n) is 15.6. The highest BCUT2D eigenvalue weighted by Crippen LogP contribution is 2.42. The van der Waals surface area contributed by atoms with Crippen LogP contribution < -0.4 is 37.6 Å². The summed E-state index contributed by atoms with van der Waals surface area (Å²) < 4.78 is 90.4. The van der Waals surface area contributed by atoms with E-state index >= 15 is 0 Å². The number of amidine groups is 2. The number of alkyl halides is 4. The van der Waals surface area contributed by atoms with Crippen LogP contribution in [-0.4, -0.2) is 343 Å². The summed E-state index contributed by atoms with van der Waals surface area (Å²) in [5.74, 6) is -17.3. The summed E-state index contributed by atoms with van der Waals surface area (Å²) in [4.78, 5) is 200. The van der Waals surface area contributed by atoms with Gasteiger partial charge in [-0.25, -0.2) is 14.8 Å². The average Bonchev–Trinajstić information content (AvgIpc) is 1.62. The number of amides is 9. The molecule has 6 saturated heterocycles. The number of esters is 2. The number of aromatic nitrogens is 3. The molecule has 0 aliphatic carbocycles. The van der Waals surface area contributed by atoms with Crippen LogP contribution in [0.15, 0.2) is 113 Å². The van der Waals surface area contributed by atoms with Crippen molar-refractivity contribution in [1.82, 2.24) is 65.6 Å². The van der Waals surface area contributed by atoms with Gasteiger partial charge in [-0.2, -0.15) is 22.5 Å². The molecule has 44 nitrogen and oxygen atoms in total. The Morgan fingerprint density at radius 1 is 0.593 bits per heavy atom. The molecule has 1 aromatic carbocycles. The zero-order chi connectivity index (χ0) is 99.6. The number of fused-ring (bicyclic) bond motifs is 1. The van der Waals surface area contributed by atoms with E-state index in [0.29, 0.717) is 61.5 Å². The lowest BCUT2D eigenvalue weighted by Gasteiger charge is -2.32. The fraction of sp³-hybridized carbons (Fsp3) is 0.586. The molecule has 0 bridgehead atoms. The number of aliphatic hydroxyl groups excluding tert-OH is 8. The number of likely N-dealkylation sites (tertiary alicyclic amines) is 3. The summed E-state index contributed by atoms with van der Waals surface area (Å²) in [6.45, 7) is 18.1. The van der Waals surface area contributed by atoms with E-state index in [0.717, 1.165) is 26.8 Å². The third-order valence-electron chi connectivity index (χ3n) is 22.7. The quantitative estimate of drug-likeness (QED) is 0.0258. The van der Waals surface area contributed by atoms with Gasteiger partial charge in [0, 0.05) is 75.5 Å². The number of rotatable bonds is 32. The van der Waals surface area contributed by atoms with Crippen LogP contribution >= 0.6 is 0 Å². The standard InChI is InChI=1S/C34H51F2N5O10.C27H37F2N5O10.C26H28N6O8/c1-19(37-28(46)21(18-49-32(3,4)5)16-22(43)11-12-26(44)51-33(6,7)8)30(48)41-14-9-10-23(41)29(47)39-25-13-15-40(20(2)38-25)31-34(35,36)27(45)24(17-42)50-31;1-14(30-23(40)16(12-35)11-17(37)6-7-21(38)43-3)25(42)34-9-4-5-18(34)24(41)32-20-8-10-33(15(2)31-20)26-27(28,29)22(39)19(13-36)44-26;33-13-18-21(35)22(36)25(40-18)32-11-8-19(30-26(32)39)29-24(38)17-6-3-10-31(17)20(34)12-28-23(37)15-7-9-27-16-5-2-1-4-14(15)16/h13,15,19,21,23-24,27,31,42,45H,2,9-12,14,16-18H2,1,3-8H3,(H,37,46)(H,38,39,47);8,10,14,16,18-19,22,26,35-36,39H,2,4-7,9,11-13H2,1,3H3,(H,30,40)(H,31,32,41);1-2,4-5,7-9,11,17-18,21-22,25,33,35-36H,3,6,10,12-13H2,(H,28,37)(H,29,30,38,39)/t19-,21+,23+,24?,27?,31?;14-,16+,18+,19?,22?,26?;17-,18+,21+,22-,25+/m110/s1. The monoisotopic (exact) mass is 1910 g/mol. The van der Waals surface area contributed by atoms with Gasteiger partial charge in [0.15, 0.2) is 18.4 Å². The highest BCUT2D eigenvalue weighted by molar-refractivity contribution is 6.09. The number of carbonyl (C=O) groups is 13. The lowest BCUT2D eigenvalue weighted by atomic mass is 9.99. The van der Waals surface area contributed by atoms with Gasteiger partial charge in [-0.3, -0.25) is 71.9 Å².